The molecule has 0 amide bonds. The molecule has 7 aromatic carbocycles. The molecule has 5 heteroatoms. The van der Waals surface area contributed by atoms with Gasteiger partial charge in [-0.3, -0.25) is 4.57 Å². The van der Waals surface area contributed by atoms with E-state index in [2.05, 4.69) is 9.97 Å². The summed E-state index contributed by atoms with van der Waals surface area (Å²) in [5.41, 5.74) is -1.70. The molecular formula is C52H36N4O. The van der Waals surface area contributed by atoms with Crippen molar-refractivity contribution >= 4 is 65.7 Å². The maximum atomic E-state index is 10.0. The summed E-state index contributed by atoms with van der Waals surface area (Å²) in [6.45, 7) is 6.74. The van der Waals surface area contributed by atoms with Crippen molar-refractivity contribution in [1.82, 2.24) is 19.1 Å². The Hall–Kier alpha value is -6.98. The molecule has 0 bridgehead atoms. The molecule has 0 saturated carbocycles. The van der Waals surface area contributed by atoms with E-state index in [9.17, 15) is 11.0 Å². The van der Waals surface area contributed by atoms with Crippen LogP contribution >= 0.6 is 0 Å². The molecule has 0 unspecified atom stereocenters. The summed E-state index contributed by atoms with van der Waals surface area (Å²) in [5.74, 6) is -0.118. The van der Waals surface area contributed by atoms with E-state index in [4.69, 9.17) is 20.9 Å². The molecule has 270 valence electrons. The fourth-order valence-electron chi connectivity index (χ4n) is 9.03. The minimum Gasteiger partial charge on any atom is -0.450 e. The van der Waals surface area contributed by atoms with Crippen molar-refractivity contribution in [1.29, 1.82) is 0 Å². The molecule has 11 aromatic rings. The Bertz CT molecular complexity index is 4760. The highest BCUT2D eigenvalue weighted by molar-refractivity contribution is 6.15. The van der Waals surface area contributed by atoms with Gasteiger partial charge in [-0.05, 0) is 99.0 Å². The van der Waals surface area contributed by atoms with E-state index in [0.717, 1.165) is 0 Å². The second kappa shape index (κ2) is 10.4. The summed E-state index contributed by atoms with van der Waals surface area (Å²) in [7, 11) is 0. The molecule has 0 atom stereocenters. The quantitative estimate of drug-likeness (QED) is 0.177. The van der Waals surface area contributed by atoms with Crippen molar-refractivity contribution in [3.63, 3.8) is 0 Å². The maximum absolute atomic E-state index is 10.0. The van der Waals surface area contributed by atoms with Crippen LogP contribution in [0.25, 0.3) is 99.4 Å². The van der Waals surface area contributed by atoms with Gasteiger partial charge in [0.2, 0.25) is 0 Å². The number of fused-ring (bicyclic) bond motifs is 15. The van der Waals surface area contributed by atoms with Crippen LogP contribution in [0.3, 0.4) is 0 Å². The van der Waals surface area contributed by atoms with Gasteiger partial charge < -0.3 is 8.98 Å². The molecule has 13 rings (SSSR count). The molecule has 2 aliphatic rings. The van der Waals surface area contributed by atoms with Crippen LogP contribution in [0.4, 0.5) is 0 Å². The first-order chi connectivity index (χ1) is 36.1. The number of furan rings is 1. The lowest BCUT2D eigenvalue weighted by molar-refractivity contribution is 0.660. The third-order valence-electron chi connectivity index (χ3n) is 11.8. The van der Waals surface area contributed by atoms with Crippen LogP contribution in [0.15, 0.2) is 150 Å². The Morgan fingerprint density at radius 1 is 0.509 bits per heavy atom. The number of benzene rings is 7. The number of rotatable bonds is 2. The topological polar surface area (TPSA) is 48.8 Å². The first-order valence-electron chi connectivity index (χ1n) is 28.2. The molecule has 0 N–H and O–H groups in total. The van der Waals surface area contributed by atoms with Crippen LogP contribution in [0, 0.1) is 0 Å². The second-order valence-corrected chi connectivity index (χ2v) is 15.5. The zero-order chi connectivity index (χ0) is 55.4. The summed E-state index contributed by atoms with van der Waals surface area (Å²) in [5, 5.41) is -0.142. The van der Waals surface area contributed by atoms with Gasteiger partial charge >= 0.3 is 0 Å². The number of hydrogen-bond donors (Lipinski definition) is 0. The molecule has 4 aromatic heterocycles. The van der Waals surface area contributed by atoms with E-state index in [-0.39, 0.29) is 158 Å². The fourth-order valence-corrected chi connectivity index (χ4v) is 9.03. The predicted molar refractivity (Wildman–Crippen MR) is 233 cm³/mol. The van der Waals surface area contributed by atoms with E-state index in [1.54, 1.807) is 45.9 Å². The third kappa shape index (κ3) is 3.84. The Labute approximate surface area is 356 Å². The average Bonchev–Trinajstić information content (AvgIpc) is 4.19. The van der Waals surface area contributed by atoms with E-state index in [1.807, 2.05) is 0 Å². The molecule has 5 nitrogen and oxygen atoms in total. The SMILES string of the molecule is [2H]c1c([2H])c([2H])c2c(c1[2H])-c1c(c([2H])c3c(c1[2H])c1c([2H])c([2H])c([2H])c([2H])c1n3-c1ccc3oc4c(-n5c6c([2H])c([2H])c([2H])c([2H])c6c6c([2H])c7c(c([2H])c65)C(C)(C)c5c([2H])c([2H])c([2H])c([2H])c5-7)ncnc4c3c1)C2(C)C. The van der Waals surface area contributed by atoms with Gasteiger partial charge in [-0.2, -0.15) is 0 Å². The van der Waals surface area contributed by atoms with Crippen LogP contribution in [0.2, 0.25) is 0 Å². The normalized spacial score (nSPS) is 19.9. The summed E-state index contributed by atoms with van der Waals surface area (Å²) in [6, 6.07) is -4.64. The van der Waals surface area contributed by atoms with Gasteiger partial charge in [0.15, 0.2) is 11.4 Å². The highest BCUT2D eigenvalue weighted by Crippen LogP contribution is 2.53. The van der Waals surface area contributed by atoms with Crippen LogP contribution in [0.1, 0.15) is 77.4 Å². The minimum atomic E-state index is -1.31. The molecule has 0 fully saturated rings. The first kappa shape index (κ1) is 17.9. The van der Waals surface area contributed by atoms with E-state index in [0.29, 0.717) is 0 Å². The van der Waals surface area contributed by atoms with Gasteiger partial charge in [0, 0.05) is 43.4 Å². The van der Waals surface area contributed by atoms with Crippen LogP contribution in [-0.2, 0) is 10.8 Å². The average molecular weight is 753 g/mol. The molecule has 2 aliphatic carbocycles. The van der Waals surface area contributed by atoms with Crippen molar-refractivity contribution < 1.29 is 31.8 Å². The Balaban J connectivity index is 1.14. The summed E-state index contributed by atoms with van der Waals surface area (Å²) < 4.78 is 191. The summed E-state index contributed by atoms with van der Waals surface area (Å²) in [6.07, 6.45) is 1.17. The van der Waals surface area contributed by atoms with Gasteiger partial charge in [-0.1, -0.05) is 112 Å². The fraction of sp³-hybridized carbons (Fsp3) is 0.115. The number of para-hydroxylation sites is 2. The molecule has 0 saturated heterocycles. The van der Waals surface area contributed by atoms with Crippen LogP contribution in [0.5, 0.6) is 0 Å². The smallest absolute Gasteiger partial charge is 0.197 e. The van der Waals surface area contributed by atoms with Gasteiger partial charge in [0.05, 0.1) is 49.5 Å². The highest BCUT2D eigenvalue weighted by atomic mass is 16.3. The van der Waals surface area contributed by atoms with E-state index < -0.39 is 95.4 Å². The summed E-state index contributed by atoms with van der Waals surface area (Å²) in [4.78, 5) is 9.24. The molecular weight excluding hydrogens is 697 g/mol. The second-order valence-electron chi connectivity index (χ2n) is 15.5. The zero-order valence-electron chi connectivity index (χ0n) is 50.5. The van der Waals surface area contributed by atoms with Crippen molar-refractivity contribution in [2.45, 2.75) is 38.5 Å². The van der Waals surface area contributed by atoms with E-state index >= 15 is 0 Å². The number of aromatic nitrogens is 4. The maximum Gasteiger partial charge on any atom is 0.197 e. The molecule has 0 spiro atoms. The number of nitrogens with zero attached hydrogens (tertiary/aromatic N) is 4. The molecule has 0 radical (unpaired) electrons. The lowest BCUT2D eigenvalue weighted by Crippen LogP contribution is -2.15. The lowest BCUT2D eigenvalue weighted by atomic mass is 9.82. The zero-order valence-corrected chi connectivity index (χ0v) is 30.5. The standard InChI is InChI=1S/C52H36N4O/c1-51(2)39-17-9-5-13-30(39)34-24-36-32-15-7-11-19-43(32)55(45(36)26-41(34)51)29-21-22-47-38(23-29)48-49(57-47)50(54-28-53-48)56-44-20-12-8-16-33(44)37-25-35-31-14-6-10-18-40(31)52(3,4)42(35)27-46(37)56/h5-28H,1-4H3/i5D,6D,7D,8D,9D,10D,11D,12D,13D,14D,15D,16D,17D,18D,19D,20D,24D,25D,26D,27D. The van der Waals surface area contributed by atoms with Gasteiger partial charge in [-0.15, -0.1) is 0 Å². The molecule has 4 heterocycles. The van der Waals surface area contributed by atoms with Crippen molar-refractivity contribution in [3.8, 4) is 33.8 Å². The molecule has 0 aliphatic heterocycles. The van der Waals surface area contributed by atoms with Crippen LogP contribution < -0.4 is 0 Å². The Kier molecular flexibility index (Phi) is 3.27. The van der Waals surface area contributed by atoms with Crippen LogP contribution in [-0.4, -0.2) is 19.1 Å². The van der Waals surface area contributed by atoms with Crippen molar-refractivity contribution in [3.05, 3.63) is 168 Å². The summed E-state index contributed by atoms with van der Waals surface area (Å²) >= 11 is 0. The Morgan fingerprint density at radius 3 is 1.68 bits per heavy atom. The van der Waals surface area contributed by atoms with Gasteiger partial charge in [-0.25, -0.2) is 9.97 Å². The largest absolute Gasteiger partial charge is 0.450 e. The van der Waals surface area contributed by atoms with Gasteiger partial charge in [0.25, 0.3) is 0 Å². The molecule has 57 heavy (non-hydrogen) atoms. The third-order valence-corrected chi connectivity index (χ3v) is 11.8. The van der Waals surface area contributed by atoms with Crippen molar-refractivity contribution in [2.75, 3.05) is 0 Å². The number of hydrogen-bond acceptors (Lipinski definition) is 3. The van der Waals surface area contributed by atoms with E-state index in [1.165, 1.54) is 15.5 Å². The monoisotopic (exact) mass is 752 g/mol. The van der Waals surface area contributed by atoms with Crippen molar-refractivity contribution in [2.24, 2.45) is 0 Å². The highest BCUT2D eigenvalue weighted by Gasteiger charge is 2.38. The minimum absolute atomic E-state index is 0.00600. The van der Waals surface area contributed by atoms with Gasteiger partial charge in [0.1, 0.15) is 17.4 Å². The lowest BCUT2D eigenvalue weighted by Gasteiger charge is -2.21. The predicted octanol–water partition coefficient (Wildman–Crippen LogP) is 13.2. The Morgan fingerprint density at radius 2 is 1.05 bits per heavy atom. The first-order valence-corrected chi connectivity index (χ1v) is 18.2.